The highest BCUT2D eigenvalue weighted by Gasteiger charge is 2.29. The number of rotatable bonds is 8. The number of fused-ring (bicyclic) bond motifs is 1. The van der Waals surface area contributed by atoms with Crippen LogP contribution in [-0.2, 0) is 16.0 Å². The van der Waals surface area contributed by atoms with Crippen LogP contribution in [0.1, 0.15) is 38.3 Å². The first-order valence-electron chi connectivity index (χ1n) is 8.67. The maximum atomic E-state index is 10.7. The summed E-state index contributed by atoms with van der Waals surface area (Å²) in [6, 6.07) is 8.12. The smallest absolute Gasteiger partial charge is 0.306 e. The Balaban J connectivity index is 1.36. The lowest BCUT2D eigenvalue weighted by Crippen LogP contribution is -2.32. The topological polar surface area (TPSA) is 72.3 Å². The zero-order valence-corrected chi connectivity index (χ0v) is 14.0. The minimum atomic E-state index is -0.748. The number of ether oxygens (including phenoxy) is 1. The van der Waals surface area contributed by atoms with Gasteiger partial charge >= 0.3 is 5.97 Å². The highest BCUT2D eigenvalue weighted by atomic mass is 16.5. The zero-order chi connectivity index (χ0) is 16.9. The maximum absolute atomic E-state index is 10.7. The van der Waals surface area contributed by atoms with E-state index in [0.29, 0.717) is 25.0 Å². The Morgan fingerprint density at radius 3 is 3.00 bits per heavy atom. The molecule has 1 N–H and O–H groups in total. The number of pyridine rings is 2. The van der Waals surface area contributed by atoms with Gasteiger partial charge in [-0.2, -0.15) is 0 Å². The average molecular weight is 328 g/mol. The van der Waals surface area contributed by atoms with Crippen molar-refractivity contribution >= 4 is 17.0 Å². The van der Waals surface area contributed by atoms with E-state index >= 15 is 0 Å². The van der Waals surface area contributed by atoms with Gasteiger partial charge in [-0.3, -0.25) is 4.79 Å². The predicted octanol–water partition coefficient (Wildman–Crippen LogP) is 3.47. The molecule has 3 rings (SSSR count). The van der Waals surface area contributed by atoms with E-state index < -0.39 is 5.97 Å². The lowest BCUT2D eigenvalue weighted by Gasteiger charge is -2.35. The fourth-order valence-electron chi connectivity index (χ4n) is 3.06. The summed E-state index contributed by atoms with van der Waals surface area (Å²) in [5.74, 6) is -0.385. The molecule has 1 atom stereocenters. The summed E-state index contributed by atoms with van der Waals surface area (Å²) in [6.07, 6.45) is 6.92. The van der Waals surface area contributed by atoms with E-state index in [1.165, 1.54) is 0 Å². The molecule has 0 amide bonds. The summed E-state index contributed by atoms with van der Waals surface area (Å²) in [5, 5.41) is 9.92. The van der Waals surface area contributed by atoms with Crippen LogP contribution in [0.25, 0.3) is 11.0 Å². The van der Waals surface area contributed by atoms with E-state index in [-0.39, 0.29) is 5.92 Å². The zero-order valence-electron chi connectivity index (χ0n) is 14.0. The summed E-state index contributed by atoms with van der Waals surface area (Å²) < 4.78 is 5.75. The van der Waals surface area contributed by atoms with Gasteiger partial charge in [0, 0.05) is 23.9 Å². The summed E-state index contributed by atoms with van der Waals surface area (Å²) >= 11 is 0. The second-order valence-electron chi connectivity index (χ2n) is 6.75. The molecule has 1 saturated carbocycles. The van der Waals surface area contributed by atoms with Gasteiger partial charge in [0.05, 0.1) is 12.0 Å². The van der Waals surface area contributed by atoms with Gasteiger partial charge < -0.3 is 9.84 Å². The normalized spacial score (nSPS) is 21.4. The van der Waals surface area contributed by atoms with E-state index in [2.05, 4.69) is 22.1 Å². The molecule has 5 nitrogen and oxygen atoms in total. The SMILES string of the molecule is CC(CCO[C@H]1C[C@H](CCc2ccc3cccnc3n2)C1)C(=O)O. The van der Waals surface area contributed by atoms with Crippen molar-refractivity contribution in [1.82, 2.24) is 9.97 Å². The van der Waals surface area contributed by atoms with Gasteiger partial charge in [0.15, 0.2) is 5.65 Å². The van der Waals surface area contributed by atoms with E-state index in [1.54, 1.807) is 13.1 Å². The van der Waals surface area contributed by atoms with E-state index in [4.69, 9.17) is 9.84 Å². The molecule has 1 aliphatic rings. The van der Waals surface area contributed by atoms with Gasteiger partial charge in [0.25, 0.3) is 0 Å². The molecule has 1 fully saturated rings. The van der Waals surface area contributed by atoms with Gasteiger partial charge in [-0.1, -0.05) is 6.92 Å². The van der Waals surface area contributed by atoms with Crippen molar-refractivity contribution in [1.29, 1.82) is 0 Å². The number of nitrogens with zero attached hydrogens (tertiary/aromatic N) is 2. The number of aromatic nitrogens is 2. The first-order valence-corrected chi connectivity index (χ1v) is 8.67. The van der Waals surface area contributed by atoms with Crippen LogP contribution in [-0.4, -0.2) is 33.8 Å². The number of hydrogen-bond donors (Lipinski definition) is 1. The molecule has 128 valence electrons. The molecular weight excluding hydrogens is 304 g/mol. The molecule has 24 heavy (non-hydrogen) atoms. The first-order chi connectivity index (χ1) is 11.6. The summed E-state index contributed by atoms with van der Waals surface area (Å²) in [5.41, 5.74) is 1.92. The molecule has 0 bridgehead atoms. The number of carboxylic acid groups (broad SMARTS) is 1. The Kier molecular flexibility index (Phi) is 5.41. The Morgan fingerprint density at radius 2 is 2.21 bits per heavy atom. The molecule has 2 aromatic heterocycles. The second kappa shape index (κ2) is 7.71. The van der Waals surface area contributed by atoms with Crippen LogP contribution in [0, 0.1) is 11.8 Å². The van der Waals surface area contributed by atoms with Crippen LogP contribution in [0.15, 0.2) is 30.5 Å². The highest BCUT2D eigenvalue weighted by Crippen LogP contribution is 2.33. The van der Waals surface area contributed by atoms with Crippen LogP contribution in [0.5, 0.6) is 0 Å². The van der Waals surface area contributed by atoms with Crippen molar-refractivity contribution in [3.8, 4) is 0 Å². The van der Waals surface area contributed by atoms with Crippen molar-refractivity contribution in [3.63, 3.8) is 0 Å². The van der Waals surface area contributed by atoms with Crippen molar-refractivity contribution in [3.05, 3.63) is 36.2 Å². The van der Waals surface area contributed by atoms with Crippen molar-refractivity contribution in [2.24, 2.45) is 11.8 Å². The fraction of sp³-hybridized carbons (Fsp3) is 0.526. The second-order valence-corrected chi connectivity index (χ2v) is 6.75. The van der Waals surface area contributed by atoms with Gasteiger partial charge in [-0.25, -0.2) is 9.97 Å². The molecule has 1 aliphatic carbocycles. The molecule has 0 spiro atoms. The molecule has 0 radical (unpaired) electrons. The molecule has 2 heterocycles. The first kappa shape index (κ1) is 16.8. The van der Waals surface area contributed by atoms with Crippen LogP contribution in [0.3, 0.4) is 0 Å². The predicted molar refractivity (Wildman–Crippen MR) is 91.7 cm³/mol. The van der Waals surface area contributed by atoms with Crippen LogP contribution >= 0.6 is 0 Å². The van der Waals surface area contributed by atoms with E-state index in [0.717, 1.165) is 42.4 Å². The van der Waals surface area contributed by atoms with Gasteiger partial charge in [-0.05, 0) is 62.3 Å². The molecule has 0 aromatic carbocycles. The maximum Gasteiger partial charge on any atom is 0.306 e. The number of aryl methyl sites for hydroxylation is 1. The van der Waals surface area contributed by atoms with Gasteiger partial charge in [-0.15, -0.1) is 0 Å². The Bertz CT molecular complexity index is 698. The standard InChI is InChI=1S/C19H24N2O3/c1-13(19(22)23)8-10-24-17-11-14(12-17)4-6-16-7-5-15-3-2-9-20-18(15)21-16/h2-3,5,7,9,13-14,17H,4,6,8,10-12H2,1H3,(H,22,23)/t13?,14-,17-. The number of carbonyl (C=O) groups is 1. The molecule has 0 aliphatic heterocycles. The average Bonchev–Trinajstić information content (AvgIpc) is 2.55. The lowest BCUT2D eigenvalue weighted by molar-refractivity contribution is -0.142. The summed E-state index contributed by atoms with van der Waals surface area (Å²) in [4.78, 5) is 19.7. The number of hydrogen-bond acceptors (Lipinski definition) is 4. The third-order valence-electron chi connectivity index (χ3n) is 4.85. The van der Waals surface area contributed by atoms with Crippen molar-refractivity contribution in [2.75, 3.05) is 6.61 Å². The quantitative estimate of drug-likeness (QED) is 0.803. The monoisotopic (exact) mass is 328 g/mol. The van der Waals surface area contributed by atoms with Crippen molar-refractivity contribution in [2.45, 2.75) is 45.1 Å². The van der Waals surface area contributed by atoms with Crippen LogP contribution in [0.4, 0.5) is 0 Å². The van der Waals surface area contributed by atoms with E-state index in [1.807, 2.05) is 12.1 Å². The summed E-state index contributed by atoms with van der Waals surface area (Å²) in [6.45, 7) is 2.27. The summed E-state index contributed by atoms with van der Waals surface area (Å²) in [7, 11) is 0. The molecular formula is C19H24N2O3. The number of carboxylic acids is 1. The third kappa shape index (κ3) is 4.29. The van der Waals surface area contributed by atoms with Crippen LogP contribution < -0.4 is 0 Å². The minimum absolute atomic E-state index is 0.308. The molecule has 2 aromatic rings. The van der Waals surface area contributed by atoms with E-state index in [9.17, 15) is 4.79 Å². The molecule has 1 unspecified atom stereocenters. The number of aliphatic carboxylic acids is 1. The minimum Gasteiger partial charge on any atom is -0.481 e. The van der Waals surface area contributed by atoms with Crippen molar-refractivity contribution < 1.29 is 14.6 Å². The Morgan fingerprint density at radius 1 is 1.38 bits per heavy atom. The third-order valence-corrected chi connectivity index (χ3v) is 4.85. The highest BCUT2D eigenvalue weighted by molar-refractivity contribution is 5.74. The van der Waals surface area contributed by atoms with Gasteiger partial charge in [0.1, 0.15) is 0 Å². The Labute approximate surface area is 142 Å². The fourth-order valence-corrected chi connectivity index (χ4v) is 3.06. The largest absolute Gasteiger partial charge is 0.481 e. The lowest BCUT2D eigenvalue weighted by atomic mass is 9.79. The molecule has 5 heteroatoms. The van der Waals surface area contributed by atoms with Crippen LogP contribution in [0.2, 0.25) is 0 Å². The van der Waals surface area contributed by atoms with Gasteiger partial charge in [0.2, 0.25) is 0 Å². The Hall–Kier alpha value is -2.01. The molecule has 0 saturated heterocycles.